The molecule has 1 N–H and O–H groups in total. The number of halogens is 1. The quantitative estimate of drug-likeness (QED) is 0.412. The number of fused-ring (bicyclic) bond motifs is 3. The number of nitrogens with zero attached hydrogens (tertiary/aromatic N) is 2. The Hall–Kier alpha value is -2.41. The molecule has 1 amide bonds. The van der Waals surface area contributed by atoms with Gasteiger partial charge in [-0.15, -0.1) is 0 Å². The third-order valence-corrected chi connectivity index (χ3v) is 13.6. The van der Waals surface area contributed by atoms with E-state index in [-0.39, 0.29) is 36.3 Å². The Morgan fingerprint density at radius 3 is 2.50 bits per heavy atom. The lowest BCUT2D eigenvalue weighted by Gasteiger charge is -2.48. The number of anilines is 1. The molecule has 0 spiro atoms. The first-order valence-corrected chi connectivity index (χ1v) is 20.2. The number of nitrogens with one attached hydrogen (secondary N) is 1. The summed E-state index contributed by atoms with van der Waals surface area (Å²) in [6.07, 6.45) is 7.11. The van der Waals surface area contributed by atoms with Crippen LogP contribution in [0.4, 0.5) is 5.69 Å². The van der Waals surface area contributed by atoms with Crippen molar-refractivity contribution in [1.82, 2.24) is 9.62 Å². The molecule has 6 rings (SSSR count). The van der Waals surface area contributed by atoms with Crippen LogP contribution >= 0.6 is 11.6 Å². The molecule has 12 heteroatoms. The number of hydrogen-bond donors (Lipinski definition) is 1. The highest BCUT2D eigenvalue weighted by atomic mass is 35.5. The zero-order valence-corrected chi connectivity index (χ0v) is 31.5. The third kappa shape index (κ3) is 8.61. The molecule has 3 heterocycles. The summed E-state index contributed by atoms with van der Waals surface area (Å²) in [5.74, 6) is 0.799. The fourth-order valence-corrected chi connectivity index (χ4v) is 9.99. The van der Waals surface area contributed by atoms with Crippen LogP contribution in [0.3, 0.4) is 0 Å². The molecule has 1 aliphatic carbocycles. The number of hydrogen-bond acceptors (Lipinski definition) is 9. The van der Waals surface area contributed by atoms with Crippen molar-refractivity contribution in [3.05, 3.63) is 58.1 Å². The second kappa shape index (κ2) is 16.5. The summed E-state index contributed by atoms with van der Waals surface area (Å²) in [6.45, 7) is 5.14. The van der Waals surface area contributed by atoms with Crippen molar-refractivity contribution in [2.45, 2.75) is 82.5 Å². The second-order valence-corrected chi connectivity index (χ2v) is 17.3. The summed E-state index contributed by atoms with van der Waals surface area (Å²) in [5.41, 5.74) is 3.36. The monoisotopic (exact) mass is 731 g/mol. The van der Waals surface area contributed by atoms with Crippen molar-refractivity contribution in [3.63, 3.8) is 0 Å². The van der Waals surface area contributed by atoms with E-state index in [2.05, 4.69) is 28.6 Å². The number of carbonyl (C=O) groups is 1. The number of rotatable bonds is 4. The van der Waals surface area contributed by atoms with E-state index in [1.54, 1.807) is 12.1 Å². The molecule has 2 fully saturated rings. The number of benzene rings is 2. The molecule has 0 unspecified atom stereocenters. The average Bonchev–Trinajstić information content (AvgIpc) is 3.11. The highest BCUT2D eigenvalue weighted by Crippen LogP contribution is 2.46. The first-order chi connectivity index (χ1) is 24.0. The summed E-state index contributed by atoms with van der Waals surface area (Å²) in [5, 5.41) is -0.165. The molecule has 0 radical (unpaired) electrons. The Labute approximate surface area is 303 Å². The van der Waals surface area contributed by atoms with Crippen molar-refractivity contribution >= 4 is 33.2 Å². The molecular formula is C38H54ClN3O7S. The molecule has 50 heavy (non-hydrogen) atoms. The van der Waals surface area contributed by atoms with Crippen LogP contribution in [-0.2, 0) is 37.3 Å². The normalized spacial score (nSPS) is 30.9. The van der Waals surface area contributed by atoms with Crippen molar-refractivity contribution in [2.75, 3.05) is 59.0 Å². The molecule has 276 valence electrons. The van der Waals surface area contributed by atoms with Crippen LogP contribution < -0.4 is 14.4 Å². The highest BCUT2D eigenvalue weighted by Gasteiger charge is 2.44. The van der Waals surface area contributed by atoms with Gasteiger partial charge in [0.1, 0.15) is 17.6 Å². The van der Waals surface area contributed by atoms with E-state index in [1.807, 2.05) is 31.2 Å². The maximum Gasteiger partial charge on any atom is 0.264 e. The molecule has 1 saturated carbocycles. The van der Waals surface area contributed by atoms with E-state index < -0.39 is 21.2 Å². The first kappa shape index (κ1) is 37.4. The minimum Gasteiger partial charge on any atom is -0.487 e. The fourth-order valence-electron chi connectivity index (χ4n) is 8.20. The van der Waals surface area contributed by atoms with E-state index in [0.717, 1.165) is 69.3 Å². The van der Waals surface area contributed by atoms with Gasteiger partial charge in [-0.05, 0) is 118 Å². The summed E-state index contributed by atoms with van der Waals surface area (Å²) in [7, 11) is 1.55. The molecule has 5 atom stereocenters. The number of amides is 1. The second-order valence-electron chi connectivity index (χ2n) is 15.0. The maximum absolute atomic E-state index is 13.8. The molecule has 4 aliphatic rings. The van der Waals surface area contributed by atoms with Gasteiger partial charge in [-0.3, -0.25) is 4.79 Å². The predicted molar refractivity (Wildman–Crippen MR) is 195 cm³/mol. The Kier molecular flexibility index (Phi) is 12.3. The summed E-state index contributed by atoms with van der Waals surface area (Å²) < 4.78 is 54.7. The molecule has 2 bridgehead atoms. The van der Waals surface area contributed by atoms with Crippen LogP contribution in [0.5, 0.6) is 5.75 Å². The fraction of sp³-hybridized carbons (Fsp3) is 0.658. The van der Waals surface area contributed by atoms with Crippen molar-refractivity contribution in [1.29, 1.82) is 0 Å². The van der Waals surface area contributed by atoms with Gasteiger partial charge in [-0.2, -0.15) is 0 Å². The van der Waals surface area contributed by atoms with Gasteiger partial charge in [0.25, 0.3) is 5.91 Å². The van der Waals surface area contributed by atoms with E-state index in [9.17, 15) is 13.2 Å². The van der Waals surface area contributed by atoms with Gasteiger partial charge in [0, 0.05) is 36.7 Å². The largest absolute Gasteiger partial charge is 0.487 e. The lowest BCUT2D eigenvalue weighted by molar-refractivity contribution is -0.240. The molecule has 0 aromatic heterocycles. The van der Waals surface area contributed by atoms with Gasteiger partial charge in [0.2, 0.25) is 10.0 Å². The summed E-state index contributed by atoms with van der Waals surface area (Å²) in [6, 6.07) is 11.4. The first-order valence-electron chi connectivity index (χ1n) is 18.3. The van der Waals surface area contributed by atoms with Crippen LogP contribution in [0.15, 0.2) is 36.4 Å². The van der Waals surface area contributed by atoms with Gasteiger partial charge in [-0.25, -0.2) is 13.1 Å². The van der Waals surface area contributed by atoms with Crippen molar-refractivity contribution in [2.24, 2.45) is 23.7 Å². The Balaban J connectivity index is 1.36. The van der Waals surface area contributed by atoms with Crippen LogP contribution in [0.25, 0.3) is 0 Å². The Bertz CT molecular complexity index is 1580. The molecule has 2 aromatic rings. The maximum atomic E-state index is 13.8. The van der Waals surface area contributed by atoms with Gasteiger partial charge in [0.05, 0.1) is 31.5 Å². The average molecular weight is 732 g/mol. The number of ether oxygens (including phenoxy) is 4. The SMILES string of the molecule is COC[C@H]1[C@@H](C)CCC[C@@H]([C@H]2OC[C@@H](N(C)C)CO2)[C@@H]2CC[C@H]2CN2CCCCc3cc(Cl)ccc3COc3ccc(cc32)C(=O)NS1(=O)=O. The lowest BCUT2D eigenvalue weighted by atomic mass is 9.65. The van der Waals surface area contributed by atoms with Crippen LogP contribution in [-0.4, -0.2) is 90.9 Å². The topological polar surface area (TPSA) is 107 Å². The van der Waals surface area contributed by atoms with Crippen molar-refractivity contribution < 1.29 is 32.2 Å². The van der Waals surface area contributed by atoms with Gasteiger partial charge >= 0.3 is 0 Å². The molecule has 3 aliphatic heterocycles. The third-order valence-electron chi connectivity index (χ3n) is 11.5. The number of aryl methyl sites for hydroxylation is 1. The van der Waals surface area contributed by atoms with Gasteiger partial charge < -0.3 is 28.7 Å². The van der Waals surface area contributed by atoms with E-state index >= 15 is 0 Å². The zero-order valence-electron chi connectivity index (χ0n) is 29.9. The zero-order chi connectivity index (χ0) is 35.4. The Morgan fingerprint density at radius 2 is 1.78 bits per heavy atom. The van der Waals surface area contributed by atoms with E-state index in [1.165, 1.54) is 12.7 Å². The Morgan fingerprint density at radius 1 is 0.980 bits per heavy atom. The number of sulfonamides is 1. The van der Waals surface area contributed by atoms with Gasteiger partial charge in [-0.1, -0.05) is 31.0 Å². The summed E-state index contributed by atoms with van der Waals surface area (Å²) in [4.78, 5) is 18.2. The van der Waals surface area contributed by atoms with Crippen molar-refractivity contribution in [3.8, 4) is 5.75 Å². The molecule has 1 saturated heterocycles. The van der Waals surface area contributed by atoms with Gasteiger partial charge in [0.15, 0.2) is 6.29 Å². The van der Waals surface area contributed by atoms with Crippen LogP contribution in [0.2, 0.25) is 5.02 Å². The molecule has 10 nitrogen and oxygen atoms in total. The summed E-state index contributed by atoms with van der Waals surface area (Å²) >= 11 is 6.38. The lowest BCUT2D eigenvalue weighted by Crippen LogP contribution is -2.50. The predicted octanol–water partition coefficient (Wildman–Crippen LogP) is 5.90. The highest BCUT2D eigenvalue weighted by molar-refractivity contribution is 7.90. The number of methoxy groups -OCH3 is 1. The minimum absolute atomic E-state index is 0.00281. The van der Waals surface area contributed by atoms with E-state index in [0.29, 0.717) is 48.8 Å². The molecule has 2 aromatic carbocycles. The smallest absolute Gasteiger partial charge is 0.264 e. The standard InChI is InChI=1S/C38H54ClN3O7S/c1-25-8-7-10-33(38-48-22-31(23-49-38)41(2)3)32-15-12-28(32)20-42-17-6-5-9-26-18-30(39)14-11-29(26)21-47-35-16-13-27(19-34(35)42)37(43)40-50(44,45)36(25)24-46-4/h11,13-14,16,18-19,25,28,31-33,36,38H,5-10,12,15,17,20-24H2,1-4H3,(H,40,43)/t25-,28-,31-,32+,33+,36-,38+/m0/s1. The van der Waals surface area contributed by atoms with Crippen LogP contribution in [0.1, 0.15) is 73.4 Å². The van der Waals surface area contributed by atoms with Crippen LogP contribution in [0, 0.1) is 23.7 Å². The number of likely N-dealkylation sites (N-methyl/N-ethyl adjacent to an activating group) is 1. The number of carbonyl (C=O) groups excluding carboxylic acids is 1. The van der Waals surface area contributed by atoms with E-state index in [4.69, 9.17) is 30.5 Å². The molecular weight excluding hydrogens is 678 g/mol. The minimum atomic E-state index is -4.05.